The van der Waals surface area contributed by atoms with E-state index in [9.17, 15) is 13.2 Å². The van der Waals surface area contributed by atoms with E-state index >= 15 is 0 Å². The number of pyridine rings is 1. The number of aromatic nitrogens is 1. The highest BCUT2D eigenvalue weighted by Gasteiger charge is 2.31. The molecule has 1 saturated heterocycles. The van der Waals surface area contributed by atoms with Gasteiger partial charge >= 0.3 is 6.36 Å². The molecule has 0 spiro atoms. The van der Waals surface area contributed by atoms with Crippen LogP contribution in [0, 0.1) is 0 Å². The van der Waals surface area contributed by atoms with Gasteiger partial charge in [0.15, 0.2) is 0 Å². The summed E-state index contributed by atoms with van der Waals surface area (Å²) in [6.45, 7) is 2.07. The number of benzene rings is 2. The monoisotopic (exact) mass is 479 g/mol. The first kappa shape index (κ1) is 23.2. The molecule has 0 unspecified atom stereocenters. The Hall–Kier alpha value is -2.97. The normalized spacial score (nSPS) is 14.2. The number of fused-ring (bicyclic) bond motifs is 1. The van der Waals surface area contributed by atoms with E-state index < -0.39 is 6.36 Å². The summed E-state index contributed by atoms with van der Waals surface area (Å²) in [6.07, 6.45) is 0.182. The molecule has 5 nitrogen and oxygen atoms in total. The number of hydrogen-bond donors (Lipinski definition) is 0. The highest BCUT2D eigenvalue weighted by atomic mass is 35.5. The van der Waals surface area contributed by atoms with Crippen molar-refractivity contribution in [2.45, 2.75) is 25.6 Å². The highest BCUT2D eigenvalue weighted by Crippen LogP contribution is 2.33. The van der Waals surface area contributed by atoms with Crippen molar-refractivity contribution in [3.8, 4) is 23.1 Å². The Bertz CT molecular complexity index is 1120. The lowest BCUT2D eigenvalue weighted by Gasteiger charge is -2.15. The minimum atomic E-state index is -4.75. The highest BCUT2D eigenvalue weighted by molar-refractivity contribution is 6.35. The fraction of sp³-hybridized carbons (Fsp3) is 0.292. The van der Waals surface area contributed by atoms with Crippen LogP contribution in [0.3, 0.4) is 0 Å². The Morgan fingerprint density at radius 3 is 2.42 bits per heavy atom. The molecule has 1 aromatic heterocycles. The second kappa shape index (κ2) is 10.3. The van der Waals surface area contributed by atoms with Crippen molar-refractivity contribution in [2.75, 3.05) is 19.8 Å². The van der Waals surface area contributed by atoms with E-state index in [1.54, 1.807) is 24.3 Å². The molecule has 174 valence electrons. The molecule has 3 aromatic rings. The van der Waals surface area contributed by atoms with Crippen LogP contribution in [0.25, 0.3) is 10.9 Å². The lowest BCUT2D eigenvalue weighted by Crippen LogP contribution is -2.16. The molecule has 9 heteroatoms. The molecule has 2 heterocycles. The smallest absolute Gasteiger partial charge is 0.493 e. The van der Waals surface area contributed by atoms with E-state index in [4.69, 9.17) is 25.8 Å². The number of ether oxygens (including phenoxy) is 4. The molecule has 0 N–H and O–H groups in total. The quantitative estimate of drug-likeness (QED) is 0.267. The van der Waals surface area contributed by atoms with Crippen molar-refractivity contribution in [3.05, 3.63) is 65.2 Å². The van der Waals surface area contributed by atoms with Crippen LogP contribution in [0.15, 0.2) is 60.2 Å². The third-order valence-corrected chi connectivity index (χ3v) is 5.27. The van der Waals surface area contributed by atoms with Gasteiger partial charge in [0.05, 0.1) is 30.4 Å². The van der Waals surface area contributed by atoms with E-state index in [0.29, 0.717) is 28.6 Å². The van der Waals surface area contributed by atoms with Crippen LogP contribution in [0.1, 0.15) is 19.3 Å². The molecule has 1 aliphatic rings. The second-order valence-corrected chi connectivity index (χ2v) is 7.73. The SMILES string of the molecule is FC(F)(F)Oc1ccc(Oc2ccc3c(OCCC=C4CCOCC4)ccc(Cl)c3n2)cc1. The van der Waals surface area contributed by atoms with E-state index in [1.165, 1.54) is 29.8 Å². The average molecular weight is 480 g/mol. The number of nitrogens with zero attached hydrogens (tertiary/aromatic N) is 1. The Morgan fingerprint density at radius 1 is 0.970 bits per heavy atom. The van der Waals surface area contributed by atoms with E-state index in [2.05, 4.69) is 15.8 Å². The van der Waals surface area contributed by atoms with E-state index in [0.717, 1.165) is 37.9 Å². The number of alkyl halides is 3. The van der Waals surface area contributed by atoms with Crippen LogP contribution in [0.5, 0.6) is 23.1 Å². The van der Waals surface area contributed by atoms with Gasteiger partial charge in [-0.1, -0.05) is 23.3 Å². The fourth-order valence-corrected chi connectivity index (χ4v) is 3.63. The van der Waals surface area contributed by atoms with Crippen LogP contribution in [-0.2, 0) is 4.74 Å². The molecule has 0 radical (unpaired) electrons. The number of hydrogen-bond acceptors (Lipinski definition) is 5. The van der Waals surface area contributed by atoms with Gasteiger partial charge in [-0.15, -0.1) is 13.2 Å². The summed E-state index contributed by atoms with van der Waals surface area (Å²) >= 11 is 6.33. The molecule has 1 aliphatic heterocycles. The van der Waals surface area contributed by atoms with Gasteiger partial charge in [0, 0.05) is 11.5 Å². The van der Waals surface area contributed by atoms with Gasteiger partial charge in [-0.2, -0.15) is 0 Å². The van der Waals surface area contributed by atoms with Gasteiger partial charge in [-0.3, -0.25) is 0 Å². The lowest BCUT2D eigenvalue weighted by atomic mass is 10.1. The molecule has 2 aromatic carbocycles. The predicted molar refractivity (Wildman–Crippen MR) is 118 cm³/mol. The molecular formula is C24H21ClF3NO4. The zero-order valence-electron chi connectivity index (χ0n) is 17.5. The third kappa shape index (κ3) is 6.52. The molecule has 4 rings (SSSR count). The summed E-state index contributed by atoms with van der Waals surface area (Å²) in [5.41, 5.74) is 1.90. The first-order chi connectivity index (χ1) is 15.9. The Labute approximate surface area is 193 Å². The largest absolute Gasteiger partial charge is 0.573 e. The summed E-state index contributed by atoms with van der Waals surface area (Å²) in [7, 11) is 0. The zero-order valence-corrected chi connectivity index (χ0v) is 18.3. The average Bonchev–Trinajstić information content (AvgIpc) is 2.79. The molecule has 1 fully saturated rings. The maximum absolute atomic E-state index is 12.3. The minimum absolute atomic E-state index is 0.246. The van der Waals surface area contributed by atoms with Crippen LogP contribution in [0.2, 0.25) is 5.02 Å². The van der Waals surface area contributed by atoms with E-state index in [-0.39, 0.29) is 11.6 Å². The lowest BCUT2D eigenvalue weighted by molar-refractivity contribution is -0.274. The van der Waals surface area contributed by atoms with Crippen LogP contribution in [-0.4, -0.2) is 31.2 Å². The van der Waals surface area contributed by atoms with E-state index in [1.807, 2.05) is 0 Å². The van der Waals surface area contributed by atoms with Crippen molar-refractivity contribution < 1.29 is 32.1 Å². The minimum Gasteiger partial charge on any atom is -0.493 e. The van der Waals surface area contributed by atoms with Gasteiger partial charge in [0.1, 0.15) is 17.2 Å². The number of rotatable bonds is 7. The van der Waals surface area contributed by atoms with Crippen molar-refractivity contribution in [3.63, 3.8) is 0 Å². The molecule has 0 amide bonds. The maximum atomic E-state index is 12.3. The predicted octanol–water partition coefficient (Wildman–Crippen LogP) is 7.08. The first-order valence-electron chi connectivity index (χ1n) is 10.4. The van der Waals surface area contributed by atoms with Crippen molar-refractivity contribution in [1.82, 2.24) is 4.98 Å². The molecule has 0 saturated carbocycles. The Kier molecular flexibility index (Phi) is 7.25. The van der Waals surface area contributed by atoms with Crippen LogP contribution < -0.4 is 14.2 Å². The number of halogens is 4. The van der Waals surface area contributed by atoms with Gasteiger partial charge in [0.2, 0.25) is 5.88 Å². The zero-order chi connectivity index (χ0) is 23.3. The molecule has 33 heavy (non-hydrogen) atoms. The molecular weight excluding hydrogens is 459 g/mol. The fourth-order valence-electron chi connectivity index (χ4n) is 3.42. The van der Waals surface area contributed by atoms with Crippen molar-refractivity contribution >= 4 is 22.5 Å². The Balaban J connectivity index is 1.43. The molecule has 0 atom stereocenters. The summed E-state index contributed by atoms with van der Waals surface area (Å²) in [5, 5.41) is 1.17. The maximum Gasteiger partial charge on any atom is 0.573 e. The summed E-state index contributed by atoms with van der Waals surface area (Å²) in [6, 6.07) is 12.0. The van der Waals surface area contributed by atoms with Crippen molar-refractivity contribution in [1.29, 1.82) is 0 Å². The van der Waals surface area contributed by atoms with Crippen molar-refractivity contribution in [2.24, 2.45) is 0 Å². The van der Waals surface area contributed by atoms with Crippen LogP contribution >= 0.6 is 11.6 Å². The summed E-state index contributed by atoms with van der Waals surface area (Å²) in [5.74, 6) is 0.877. The topological polar surface area (TPSA) is 49.8 Å². The second-order valence-electron chi connectivity index (χ2n) is 7.32. The van der Waals surface area contributed by atoms with Gasteiger partial charge < -0.3 is 18.9 Å². The van der Waals surface area contributed by atoms with Gasteiger partial charge in [-0.05, 0) is 61.7 Å². The molecule has 0 bridgehead atoms. The van der Waals surface area contributed by atoms with Gasteiger partial charge in [-0.25, -0.2) is 4.98 Å². The Morgan fingerprint density at radius 2 is 1.70 bits per heavy atom. The molecule has 0 aliphatic carbocycles. The first-order valence-corrected chi connectivity index (χ1v) is 10.8. The van der Waals surface area contributed by atoms with Gasteiger partial charge in [0.25, 0.3) is 0 Å². The standard InChI is InChI=1S/C24H21ClF3NO4/c25-20-8-9-21(31-13-1-2-16-11-14-30-15-12-16)19-7-10-22(29-23(19)20)32-17-3-5-18(6-4-17)33-24(26,27)28/h2-10H,1,11-15H2. The van der Waals surface area contributed by atoms with Crippen LogP contribution in [0.4, 0.5) is 13.2 Å². The summed E-state index contributed by atoms with van der Waals surface area (Å²) in [4.78, 5) is 4.44. The third-order valence-electron chi connectivity index (χ3n) is 4.97. The summed E-state index contributed by atoms with van der Waals surface area (Å²) < 4.78 is 57.7.